The number of hydrogen-bond donors (Lipinski definition) is 1. The van der Waals surface area contributed by atoms with Gasteiger partial charge in [-0.1, -0.05) is 36.4 Å². The van der Waals surface area contributed by atoms with E-state index in [9.17, 15) is 19.5 Å². The third kappa shape index (κ3) is 4.56. The van der Waals surface area contributed by atoms with Crippen molar-refractivity contribution in [2.75, 3.05) is 39.4 Å². The lowest BCUT2D eigenvalue weighted by molar-refractivity contribution is -0.144. The van der Waals surface area contributed by atoms with Gasteiger partial charge in [0.25, 0.3) is 11.8 Å². The number of rotatable bonds is 6. The standard InChI is InChI=1S/C26H28N2O5/c29-23(22-16-33-17-22)15-18-2-1-3-21(14-18)19-4-6-20(7-5-19)24(30)27-10-12-28(13-11-27)25(31)26(32)8-9-26/h1-7,14,22,32H,8-13,15-17H2. The number of carbonyl (C=O) groups is 3. The van der Waals surface area contributed by atoms with E-state index < -0.39 is 5.60 Å². The summed E-state index contributed by atoms with van der Waals surface area (Å²) in [5.41, 5.74) is 2.43. The fourth-order valence-electron chi connectivity index (χ4n) is 4.36. The molecular weight excluding hydrogens is 420 g/mol. The summed E-state index contributed by atoms with van der Waals surface area (Å²) in [6.07, 6.45) is 1.47. The summed E-state index contributed by atoms with van der Waals surface area (Å²) in [6.45, 7) is 2.88. The van der Waals surface area contributed by atoms with Crippen LogP contribution in [0.2, 0.25) is 0 Å². The van der Waals surface area contributed by atoms with Gasteiger partial charge in [0.2, 0.25) is 0 Å². The first kappa shape index (κ1) is 21.8. The van der Waals surface area contributed by atoms with Gasteiger partial charge in [0.05, 0.1) is 19.1 Å². The summed E-state index contributed by atoms with van der Waals surface area (Å²) in [5, 5.41) is 10.0. The number of amides is 2. The molecule has 1 N–H and O–H groups in total. The van der Waals surface area contributed by atoms with Crippen LogP contribution in [0.25, 0.3) is 11.1 Å². The Morgan fingerprint density at radius 3 is 2.18 bits per heavy atom. The van der Waals surface area contributed by atoms with Crippen molar-refractivity contribution in [1.29, 1.82) is 0 Å². The molecule has 7 heteroatoms. The lowest BCUT2D eigenvalue weighted by Gasteiger charge is -2.35. The number of benzene rings is 2. The second kappa shape index (κ2) is 8.72. The predicted molar refractivity (Wildman–Crippen MR) is 122 cm³/mol. The molecule has 2 saturated heterocycles. The average Bonchev–Trinajstić information content (AvgIpc) is 3.56. The summed E-state index contributed by atoms with van der Waals surface area (Å²) < 4.78 is 5.11. The monoisotopic (exact) mass is 448 g/mol. The van der Waals surface area contributed by atoms with Gasteiger partial charge in [-0.2, -0.15) is 0 Å². The van der Waals surface area contributed by atoms with Gasteiger partial charge in [0.15, 0.2) is 0 Å². The highest BCUT2D eigenvalue weighted by atomic mass is 16.5. The molecule has 1 saturated carbocycles. The molecule has 0 atom stereocenters. The third-order valence-corrected chi connectivity index (χ3v) is 6.84. The Balaban J connectivity index is 1.20. The highest BCUT2D eigenvalue weighted by Crippen LogP contribution is 2.37. The fraction of sp³-hybridized carbons (Fsp3) is 0.423. The highest BCUT2D eigenvalue weighted by Gasteiger charge is 2.50. The molecule has 0 spiro atoms. The number of Topliss-reactive ketones (excluding diaryl/α,β-unsaturated/α-hetero) is 1. The predicted octanol–water partition coefficient (Wildman–Crippen LogP) is 1.92. The van der Waals surface area contributed by atoms with Crippen molar-refractivity contribution in [3.8, 4) is 11.1 Å². The summed E-state index contributed by atoms with van der Waals surface area (Å²) >= 11 is 0. The van der Waals surface area contributed by atoms with Gasteiger partial charge >= 0.3 is 0 Å². The maximum atomic E-state index is 12.9. The van der Waals surface area contributed by atoms with Gasteiger partial charge in [-0.3, -0.25) is 14.4 Å². The molecule has 5 rings (SSSR count). The molecular formula is C26H28N2O5. The first-order valence-electron chi connectivity index (χ1n) is 11.5. The summed E-state index contributed by atoms with van der Waals surface area (Å²) in [7, 11) is 0. The quantitative estimate of drug-likeness (QED) is 0.730. The second-order valence-electron chi connectivity index (χ2n) is 9.27. The first-order chi connectivity index (χ1) is 15.9. The highest BCUT2D eigenvalue weighted by molar-refractivity contribution is 5.95. The number of carbonyl (C=O) groups excluding carboxylic acids is 3. The van der Waals surface area contributed by atoms with E-state index in [0.29, 0.717) is 64.2 Å². The van der Waals surface area contributed by atoms with E-state index in [-0.39, 0.29) is 23.5 Å². The largest absolute Gasteiger partial charge is 0.380 e. The van der Waals surface area contributed by atoms with Crippen molar-refractivity contribution in [3.63, 3.8) is 0 Å². The van der Waals surface area contributed by atoms with Crippen molar-refractivity contribution in [2.45, 2.75) is 24.9 Å². The van der Waals surface area contributed by atoms with E-state index in [0.717, 1.165) is 16.7 Å². The van der Waals surface area contributed by atoms with Crippen LogP contribution >= 0.6 is 0 Å². The van der Waals surface area contributed by atoms with Gasteiger partial charge in [0.1, 0.15) is 11.4 Å². The van der Waals surface area contributed by atoms with E-state index in [1.807, 2.05) is 48.5 Å². The lowest BCUT2D eigenvalue weighted by Crippen LogP contribution is -2.53. The van der Waals surface area contributed by atoms with E-state index >= 15 is 0 Å². The van der Waals surface area contributed by atoms with E-state index in [1.54, 1.807) is 9.80 Å². The molecule has 2 heterocycles. The second-order valence-corrected chi connectivity index (χ2v) is 9.27. The van der Waals surface area contributed by atoms with Crippen LogP contribution in [0.5, 0.6) is 0 Å². The Labute approximate surface area is 192 Å². The Bertz CT molecular complexity index is 1060. The number of ketones is 1. The van der Waals surface area contributed by atoms with Crippen LogP contribution in [0, 0.1) is 5.92 Å². The minimum absolute atomic E-state index is 0.0254. The lowest BCUT2D eigenvalue weighted by atomic mass is 9.94. The minimum Gasteiger partial charge on any atom is -0.380 e. The SMILES string of the molecule is O=C(Cc1cccc(-c2ccc(C(=O)N3CCN(C(=O)C4(O)CC4)CC3)cc2)c1)C1COC1. The van der Waals surface area contributed by atoms with Gasteiger partial charge in [-0.05, 0) is 41.7 Å². The maximum absolute atomic E-state index is 12.9. The van der Waals surface area contributed by atoms with Gasteiger partial charge in [-0.25, -0.2) is 0 Å². The van der Waals surface area contributed by atoms with Gasteiger partial charge in [0, 0.05) is 38.2 Å². The molecule has 0 bridgehead atoms. The van der Waals surface area contributed by atoms with E-state index in [2.05, 4.69) is 0 Å². The summed E-state index contributed by atoms with van der Waals surface area (Å²) in [5.74, 6) is -0.0189. The molecule has 2 amide bonds. The van der Waals surface area contributed by atoms with Crippen LogP contribution in [0.15, 0.2) is 48.5 Å². The van der Waals surface area contributed by atoms with Crippen LogP contribution in [-0.4, -0.2) is 77.5 Å². The molecule has 0 unspecified atom stereocenters. The van der Waals surface area contributed by atoms with Crippen molar-refractivity contribution in [1.82, 2.24) is 9.80 Å². The molecule has 0 radical (unpaired) electrons. The molecule has 3 fully saturated rings. The topological polar surface area (TPSA) is 87.2 Å². The molecule has 3 aliphatic rings. The number of nitrogens with zero attached hydrogens (tertiary/aromatic N) is 2. The van der Waals surface area contributed by atoms with Crippen molar-refractivity contribution < 1.29 is 24.2 Å². The number of hydrogen-bond acceptors (Lipinski definition) is 5. The molecule has 7 nitrogen and oxygen atoms in total. The molecule has 0 aromatic heterocycles. The van der Waals surface area contributed by atoms with Crippen LogP contribution in [0.3, 0.4) is 0 Å². The smallest absolute Gasteiger partial charge is 0.254 e. The average molecular weight is 449 g/mol. The zero-order valence-electron chi connectivity index (χ0n) is 18.5. The van der Waals surface area contributed by atoms with Crippen LogP contribution in [-0.2, 0) is 20.7 Å². The van der Waals surface area contributed by atoms with Crippen LogP contribution < -0.4 is 0 Å². The van der Waals surface area contributed by atoms with Gasteiger partial charge in [-0.15, -0.1) is 0 Å². The minimum atomic E-state index is -1.15. The number of ether oxygens (including phenoxy) is 1. The first-order valence-corrected chi connectivity index (χ1v) is 11.5. The van der Waals surface area contributed by atoms with Crippen LogP contribution in [0.4, 0.5) is 0 Å². The molecule has 1 aliphatic carbocycles. The van der Waals surface area contributed by atoms with E-state index in [1.165, 1.54) is 0 Å². The summed E-state index contributed by atoms with van der Waals surface area (Å²) in [4.78, 5) is 40.9. The summed E-state index contributed by atoms with van der Waals surface area (Å²) in [6, 6.07) is 15.4. The number of aliphatic hydroxyl groups is 1. The normalized spacial score (nSPS) is 19.7. The van der Waals surface area contributed by atoms with Crippen LogP contribution in [0.1, 0.15) is 28.8 Å². The Morgan fingerprint density at radius 1 is 0.909 bits per heavy atom. The Kier molecular flexibility index (Phi) is 5.76. The maximum Gasteiger partial charge on any atom is 0.254 e. The zero-order valence-corrected chi connectivity index (χ0v) is 18.5. The van der Waals surface area contributed by atoms with Gasteiger partial charge < -0.3 is 19.6 Å². The molecule has 33 heavy (non-hydrogen) atoms. The fourth-order valence-corrected chi connectivity index (χ4v) is 4.36. The molecule has 2 aliphatic heterocycles. The molecule has 172 valence electrons. The molecule has 2 aromatic rings. The third-order valence-electron chi connectivity index (χ3n) is 6.84. The van der Waals surface area contributed by atoms with Crippen molar-refractivity contribution in [3.05, 3.63) is 59.7 Å². The van der Waals surface area contributed by atoms with Crippen molar-refractivity contribution in [2.24, 2.45) is 5.92 Å². The Hall–Kier alpha value is -3.03. The zero-order chi connectivity index (χ0) is 23.0. The molecule has 2 aromatic carbocycles. The Morgan fingerprint density at radius 2 is 1.58 bits per heavy atom. The van der Waals surface area contributed by atoms with Crippen molar-refractivity contribution >= 4 is 17.6 Å². The van der Waals surface area contributed by atoms with E-state index in [4.69, 9.17) is 4.74 Å². The number of piperazine rings is 1.